The summed E-state index contributed by atoms with van der Waals surface area (Å²) in [6, 6.07) is 4.06. The Kier molecular flexibility index (Phi) is 8.28. The molecule has 2 aromatic rings. The number of hydrogen-bond donors (Lipinski definition) is 3. The highest BCUT2D eigenvalue weighted by Gasteiger charge is 2.21. The first-order valence-electron chi connectivity index (χ1n) is 7.88. The van der Waals surface area contributed by atoms with Crippen molar-refractivity contribution in [2.75, 3.05) is 18.4 Å². The smallest absolute Gasteiger partial charge is 0.388 e. The number of hydrogen-bond acceptors (Lipinski definition) is 5. The molecular weight excluding hydrogens is 387 g/mol. The lowest BCUT2D eigenvalue weighted by Crippen LogP contribution is -2.36. The maximum absolute atomic E-state index is 11.2. The number of aryl methyl sites for hydroxylation is 1. The van der Waals surface area contributed by atoms with Gasteiger partial charge in [-0.05, 0) is 63.4 Å². The van der Waals surface area contributed by atoms with Crippen LogP contribution in [0.25, 0.3) is 11.5 Å². The van der Waals surface area contributed by atoms with Gasteiger partial charge in [-0.3, -0.25) is 0 Å². The van der Waals surface area contributed by atoms with Crippen LogP contribution in [0.1, 0.15) is 25.3 Å². The maximum Gasteiger partial charge on any atom is 0.434 e. The zero-order chi connectivity index (χ0) is 16.4. The van der Waals surface area contributed by atoms with Gasteiger partial charge in [-0.2, -0.15) is 0 Å². The molecule has 1 aromatic carbocycles. The molecule has 140 valence electrons. The average Bonchev–Trinajstić information content (AvgIpc) is 2.99. The summed E-state index contributed by atoms with van der Waals surface area (Å²) < 4.78 is 5.04. The van der Waals surface area contributed by atoms with Crippen LogP contribution in [0.2, 0.25) is 5.02 Å². The minimum Gasteiger partial charge on any atom is -0.388 e. The van der Waals surface area contributed by atoms with E-state index in [0.29, 0.717) is 17.0 Å². The van der Waals surface area contributed by atoms with Crippen molar-refractivity contribution < 1.29 is 4.42 Å². The van der Waals surface area contributed by atoms with Gasteiger partial charge in [0.2, 0.25) is 5.89 Å². The number of benzene rings is 1. The summed E-state index contributed by atoms with van der Waals surface area (Å²) in [5, 5.41) is 13.8. The third-order valence-electron chi connectivity index (χ3n) is 4.41. The number of rotatable bonds is 4. The Morgan fingerprint density at radius 1 is 1.32 bits per heavy atom. The molecule has 1 unspecified atom stereocenters. The number of nitrogens with one attached hydrogen (secondary N) is 3. The van der Waals surface area contributed by atoms with Gasteiger partial charge < -0.3 is 15.1 Å². The Morgan fingerprint density at radius 2 is 2.00 bits per heavy atom. The predicted octanol–water partition coefficient (Wildman–Crippen LogP) is 3.64. The highest BCUT2D eigenvalue weighted by Crippen LogP contribution is 2.32. The Balaban J connectivity index is 0.00000156. The molecule has 2 heterocycles. The van der Waals surface area contributed by atoms with E-state index in [-0.39, 0.29) is 30.7 Å². The zero-order valence-corrected chi connectivity index (χ0v) is 16.5. The fourth-order valence-corrected chi connectivity index (χ4v) is 3.22. The first-order valence-corrected chi connectivity index (χ1v) is 8.25. The van der Waals surface area contributed by atoms with Crippen molar-refractivity contribution in [3.8, 4) is 11.5 Å². The fraction of sp³-hybridized carbons (Fsp3) is 0.500. The topological polar surface area (TPSA) is 83.0 Å². The summed E-state index contributed by atoms with van der Waals surface area (Å²) in [4.78, 5) is 11.2. The Bertz CT molecular complexity index is 741. The SMILES string of the molecule is Cc1cc(-c2n[nH]c(=O)o2)cc(NC(C)C2CCNCC2)c1Cl.Cl.Cl. The molecule has 0 amide bonds. The lowest BCUT2D eigenvalue weighted by atomic mass is 9.91. The van der Waals surface area contributed by atoms with Crippen LogP contribution in [-0.2, 0) is 0 Å². The van der Waals surface area contributed by atoms with E-state index in [1.54, 1.807) is 0 Å². The van der Waals surface area contributed by atoms with Crippen LogP contribution < -0.4 is 16.4 Å². The number of aromatic amines is 1. The highest BCUT2D eigenvalue weighted by molar-refractivity contribution is 6.34. The van der Waals surface area contributed by atoms with Crippen molar-refractivity contribution in [2.45, 2.75) is 32.7 Å². The molecule has 25 heavy (non-hydrogen) atoms. The molecular formula is C16H23Cl3N4O2. The molecule has 3 N–H and O–H groups in total. The van der Waals surface area contributed by atoms with Crippen molar-refractivity contribution in [3.05, 3.63) is 33.3 Å². The van der Waals surface area contributed by atoms with Crippen LogP contribution in [-0.4, -0.2) is 29.3 Å². The highest BCUT2D eigenvalue weighted by atomic mass is 35.5. The molecule has 0 spiro atoms. The van der Waals surface area contributed by atoms with Crippen LogP contribution in [0.5, 0.6) is 0 Å². The van der Waals surface area contributed by atoms with Crippen molar-refractivity contribution in [2.24, 2.45) is 5.92 Å². The van der Waals surface area contributed by atoms with Gasteiger partial charge in [-0.1, -0.05) is 11.6 Å². The van der Waals surface area contributed by atoms with Crippen LogP contribution in [0.3, 0.4) is 0 Å². The van der Waals surface area contributed by atoms with E-state index in [0.717, 1.165) is 42.7 Å². The van der Waals surface area contributed by atoms with E-state index in [2.05, 4.69) is 27.8 Å². The fourth-order valence-electron chi connectivity index (χ4n) is 3.06. The second-order valence-electron chi connectivity index (χ2n) is 6.09. The number of piperidine rings is 1. The van der Waals surface area contributed by atoms with E-state index < -0.39 is 5.76 Å². The summed E-state index contributed by atoms with van der Waals surface area (Å²) in [7, 11) is 0. The average molecular weight is 410 g/mol. The summed E-state index contributed by atoms with van der Waals surface area (Å²) in [6.45, 7) is 6.23. The Labute approximate surface area is 163 Å². The van der Waals surface area contributed by atoms with Gasteiger partial charge in [0, 0.05) is 11.6 Å². The largest absolute Gasteiger partial charge is 0.434 e. The van der Waals surface area contributed by atoms with Crippen LogP contribution >= 0.6 is 36.4 Å². The molecule has 0 saturated carbocycles. The lowest BCUT2D eigenvalue weighted by Gasteiger charge is -2.30. The van der Waals surface area contributed by atoms with Gasteiger partial charge in [0.25, 0.3) is 0 Å². The van der Waals surface area contributed by atoms with Crippen molar-refractivity contribution in [1.82, 2.24) is 15.5 Å². The minimum atomic E-state index is -0.565. The predicted molar refractivity (Wildman–Crippen MR) is 105 cm³/mol. The second-order valence-corrected chi connectivity index (χ2v) is 6.47. The normalized spacial score (nSPS) is 15.8. The first kappa shape index (κ1) is 21.8. The minimum absolute atomic E-state index is 0. The van der Waals surface area contributed by atoms with Crippen molar-refractivity contribution in [1.29, 1.82) is 0 Å². The van der Waals surface area contributed by atoms with Gasteiger partial charge in [0.05, 0.1) is 10.7 Å². The number of halogens is 3. The molecule has 1 atom stereocenters. The van der Waals surface area contributed by atoms with Crippen LogP contribution in [0.15, 0.2) is 21.3 Å². The molecule has 1 aliphatic rings. The van der Waals surface area contributed by atoms with E-state index in [4.69, 9.17) is 16.0 Å². The van der Waals surface area contributed by atoms with Crippen molar-refractivity contribution >= 4 is 42.1 Å². The standard InChI is InChI=1S/C16H21ClN4O2.2ClH/c1-9-7-12(15-20-21-16(22)23-15)8-13(14(9)17)19-10(2)11-3-5-18-6-4-11;;/h7-8,10-11,18-19H,3-6H2,1-2H3,(H,21,22);2*1H. The maximum atomic E-state index is 11.2. The van der Waals surface area contributed by atoms with E-state index >= 15 is 0 Å². The molecule has 6 nitrogen and oxygen atoms in total. The zero-order valence-electron chi connectivity index (χ0n) is 14.1. The van der Waals surface area contributed by atoms with Gasteiger partial charge in [-0.15, -0.1) is 29.9 Å². The lowest BCUT2D eigenvalue weighted by molar-refractivity contribution is 0.343. The molecule has 9 heteroatoms. The summed E-state index contributed by atoms with van der Waals surface area (Å²) >= 11 is 6.45. The summed E-state index contributed by atoms with van der Waals surface area (Å²) in [6.07, 6.45) is 2.30. The number of nitrogens with zero attached hydrogens (tertiary/aromatic N) is 1. The first-order chi connectivity index (χ1) is 11.0. The molecule has 0 aliphatic carbocycles. The Hall–Kier alpha value is -1.21. The number of aromatic nitrogens is 2. The summed E-state index contributed by atoms with van der Waals surface area (Å²) in [5.74, 6) is 0.317. The third kappa shape index (κ3) is 5.14. The Morgan fingerprint density at radius 3 is 2.60 bits per heavy atom. The monoisotopic (exact) mass is 408 g/mol. The molecule has 1 saturated heterocycles. The number of H-pyrrole nitrogens is 1. The molecule has 1 aliphatic heterocycles. The van der Waals surface area contributed by atoms with Crippen LogP contribution in [0, 0.1) is 12.8 Å². The number of anilines is 1. The molecule has 1 fully saturated rings. The van der Waals surface area contributed by atoms with Gasteiger partial charge >= 0.3 is 5.76 Å². The van der Waals surface area contributed by atoms with Gasteiger partial charge in [0.1, 0.15) is 0 Å². The third-order valence-corrected chi connectivity index (χ3v) is 4.92. The van der Waals surface area contributed by atoms with E-state index in [9.17, 15) is 4.79 Å². The van der Waals surface area contributed by atoms with E-state index in [1.807, 2.05) is 19.1 Å². The molecule has 0 radical (unpaired) electrons. The van der Waals surface area contributed by atoms with Gasteiger partial charge in [-0.25, -0.2) is 9.89 Å². The van der Waals surface area contributed by atoms with E-state index in [1.165, 1.54) is 0 Å². The van der Waals surface area contributed by atoms with Crippen molar-refractivity contribution in [3.63, 3.8) is 0 Å². The van der Waals surface area contributed by atoms with Crippen LogP contribution in [0.4, 0.5) is 5.69 Å². The molecule has 0 bridgehead atoms. The van der Waals surface area contributed by atoms with Gasteiger partial charge in [0.15, 0.2) is 0 Å². The second kappa shape index (κ2) is 9.48. The molecule has 3 rings (SSSR count). The quantitative estimate of drug-likeness (QED) is 0.718. The summed E-state index contributed by atoms with van der Waals surface area (Å²) in [5.41, 5.74) is 2.48. The molecule has 1 aromatic heterocycles.